The third kappa shape index (κ3) is 2.34. The molecule has 4 nitrogen and oxygen atoms in total. The Morgan fingerprint density at radius 2 is 2.00 bits per heavy atom. The minimum absolute atomic E-state index is 0.426. The maximum atomic E-state index is 5.62. The first-order valence-corrected chi connectivity index (χ1v) is 8.46. The largest absolute Gasteiger partial charge is 0.496 e. The summed E-state index contributed by atoms with van der Waals surface area (Å²) < 4.78 is 11.1. The highest BCUT2D eigenvalue weighted by Gasteiger charge is 2.43. The van der Waals surface area contributed by atoms with Crippen molar-refractivity contribution in [2.24, 2.45) is 11.8 Å². The van der Waals surface area contributed by atoms with Gasteiger partial charge in [-0.15, -0.1) is 0 Å². The number of likely N-dealkylation sites (tertiary alicyclic amines) is 1. The van der Waals surface area contributed by atoms with Crippen LogP contribution >= 0.6 is 0 Å². The first kappa shape index (κ1) is 14.5. The van der Waals surface area contributed by atoms with Crippen LogP contribution in [0.4, 0.5) is 0 Å². The van der Waals surface area contributed by atoms with Gasteiger partial charge < -0.3 is 14.8 Å². The molecule has 4 atom stereocenters. The molecule has 0 amide bonds. The molecule has 0 aliphatic carbocycles. The smallest absolute Gasteiger partial charge is 0.122 e. The number of nitrogens with one attached hydrogen (secondary N) is 1. The van der Waals surface area contributed by atoms with Crippen molar-refractivity contribution in [1.29, 1.82) is 0 Å². The lowest BCUT2D eigenvalue weighted by molar-refractivity contribution is 0.134. The van der Waals surface area contributed by atoms with E-state index in [9.17, 15) is 0 Å². The Morgan fingerprint density at radius 3 is 2.73 bits per heavy atom. The summed E-state index contributed by atoms with van der Waals surface area (Å²) in [7, 11) is 1.76. The van der Waals surface area contributed by atoms with Gasteiger partial charge in [-0.25, -0.2) is 0 Å². The summed E-state index contributed by atoms with van der Waals surface area (Å²) in [6.07, 6.45) is 1.24. The van der Waals surface area contributed by atoms with Gasteiger partial charge in [0.25, 0.3) is 0 Å². The van der Waals surface area contributed by atoms with Crippen LogP contribution in [0.2, 0.25) is 0 Å². The van der Waals surface area contributed by atoms with E-state index in [1.54, 1.807) is 7.11 Å². The van der Waals surface area contributed by atoms with Crippen LogP contribution in [0.1, 0.15) is 23.6 Å². The molecule has 0 spiro atoms. The van der Waals surface area contributed by atoms with Crippen LogP contribution in [-0.2, 0) is 4.74 Å². The fraction of sp³-hybridized carbons (Fsp3) is 0.667. The number of rotatable bonds is 3. The van der Waals surface area contributed by atoms with E-state index in [2.05, 4.69) is 35.3 Å². The molecule has 2 unspecified atom stereocenters. The van der Waals surface area contributed by atoms with Crippen LogP contribution in [-0.4, -0.2) is 50.9 Å². The van der Waals surface area contributed by atoms with Crippen molar-refractivity contribution in [3.8, 4) is 5.75 Å². The quantitative estimate of drug-likeness (QED) is 0.926. The molecule has 3 fully saturated rings. The predicted octanol–water partition coefficient (Wildman–Crippen LogP) is 1.98. The first-order valence-electron chi connectivity index (χ1n) is 8.46. The lowest BCUT2D eigenvalue weighted by atomic mass is 9.95. The molecule has 120 valence electrons. The molecule has 4 rings (SSSR count). The average Bonchev–Trinajstić information content (AvgIpc) is 3.22. The molecule has 3 aliphatic rings. The number of hydrogen-bond acceptors (Lipinski definition) is 4. The number of nitrogens with zero attached hydrogens (tertiary/aromatic N) is 1. The van der Waals surface area contributed by atoms with Gasteiger partial charge in [-0.1, -0.05) is 12.1 Å². The second-order valence-electron chi connectivity index (χ2n) is 6.97. The highest BCUT2D eigenvalue weighted by Crippen LogP contribution is 2.38. The molecule has 0 bridgehead atoms. The van der Waals surface area contributed by atoms with Gasteiger partial charge in [0.2, 0.25) is 0 Å². The molecule has 3 saturated heterocycles. The molecule has 1 N–H and O–H groups in total. The number of fused-ring (bicyclic) bond motifs is 1. The Kier molecular flexibility index (Phi) is 3.84. The van der Waals surface area contributed by atoms with Crippen molar-refractivity contribution in [3.05, 3.63) is 29.3 Å². The van der Waals surface area contributed by atoms with Crippen LogP contribution in [0.15, 0.2) is 18.2 Å². The van der Waals surface area contributed by atoms with Crippen molar-refractivity contribution in [3.63, 3.8) is 0 Å². The van der Waals surface area contributed by atoms with E-state index in [4.69, 9.17) is 9.47 Å². The summed E-state index contributed by atoms with van der Waals surface area (Å²) in [6, 6.07) is 7.46. The van der Waals surface area contributed by atoms with Crippen molar-refractivity contribution in [2.45, 2.75) is 25.4 Å². The van der Waals surface area contributed by atoms with Gasteiger partial charge in [0.15, 0.2) is 0 Å². The zero-order chi connectivity index (χ0) is 15.1. The lowest BCUT2D eigenvalue weighted by Crippen LogP contribution is -2.38. The van der Waals surface area contributed by atoms with Crippen LogP contribution < -0.4 is 10.1 Å². The molecule has 3 aliphatic heterocycles. The van der Waals surface area contributed by atoms with Gasteiger partial charge >= 0.3 is 0 Å². The minimum atomic E-state index is 0.426. The van der Waals surface area contributed by atoms with Crippen LogP contribution in [0.5, 0.6) is 5.75 Å². The van der Waals surface area contributed by atoms with E-state index in [0.717, 1.165) is 37.3 Å². The van der Waals surface area contributed by atoms with Crippen molar-refractivity contribution >= 4 is 0 Å². The van der Waals surface area contributed by atoms with Gasteiger partial charge in [-0.05, 0) is 37.1 Å². The SMILES string of the molecule is COc1cccc([C@H]2NCC[C@H]2N2CC3COCC3C2)c1C. The molecule has 4 heteroatoms. The highest BCUT2D eigenvalue weighted by atomic mass is 16.5. The molecular formula is C18H26N2O2. The summed E-state index contributed by atoms with van der Waals surface area (Å²) in [6.45, 7) is 7.62. The molecular weight excluding hydrogens is 276 g/mol. The highest BCUT2D eigenvalue weighted by molar-refractivity contribution is 5.41. The second kappa shape index (κ2) is 5.84. The number of ether oxygens (including phenoxy) is 2. The van der Waals surface area contributed by atoms with Crippen LogP contribution in [0, 0.1) is 18.8 Å². The predicted molar refractivity (Wildman–Crippen MR) is 86.3 cm³/mol. The van der Waals surface area contributed by atoms with Gasteiger partial charge in [0, 0.05) is 37.0 Å². The number of methoxy groups -OCH3 is 1. The van der Waals surface area contributed by atoms with E-state index in [1.165, 1.54) is 30.6 Å². The Labute approximate surface area is 132 Å². The van der Waals surface area contributed by atoms with Crippen molar-refractivity contribution in [1.82, 2.24) is 10.2 Å². The Morgan fingerprint density at radius 1 is 1.23 bits per heavy atom. The third-order valence-electron chi connectivity index (χ3n) is 5.81. The van der Waals surface area contributed by atoms with E-state index < -0.39 is 0 Å². The molecule has 1 aromatic carbocycles. The van der Waals surface area contributed by atoms with E-state index in [1.807, 2.05) is 0 Å². The zero-order valence-electron chi connectivity index (χ0n) is 13.5. The summed E-state index contributed by atoms with van der Waals surface area (Å²) in [5.41, 5.74) is 2.67. The average molecular weight is 302 g/mol. The Bertz CT molecular complexity index is 536. The van der Waals surface area contributed by atoms with Gasteiger partial charge in [-0.2, -0.15) is 0 Å². The summed E-state index contributed by atoms with van der Waals surface area (Å²) in [5.74, 6) is 2.51. The van der Waals surface area contributed by atoms with Gasteiger partial charge in [0.05, 0.1) is 20.3 Å². The third-order valence-corrected chi connectivity index (χ3v) is 5.81. The van der Waals surface area contributed by atoms with E-state index >= 15 is 0 Å². The maximum Gasteiger partial charge on any atom is 0.122 e. The fourth-order valence-corrected chi connectivity index (χ4v) is 4.58. The second-order valence-corrected chi connectivity index (χ2v) is 6.97. The fourth-order valence-electron chi connectivity index (χ4n) is 4.58. The molecule has 3 heterocycles. The standard InChI is InChI=1S/C18H26N2O2/c1-12-15(4-3-5-17(12)21-2)18-16(6-7-19-18)20-8-13-10-22-11-14(13)9-20/h3-5,13-14,16,18-19H,6-11H2,1-2H3/t13?,14?,16-,18-/m1/s1. The lowest BCUT2D eigenvalue weighted by Gasteiger charge is -2.31. The molecule has 0 radical (unpaired) electrons. The normalized spacial score (nSPS) is 35.0. The van der Waals surface area contributed by atoms with Crippen molar-refractivity contribution < 1.29 is 9.47 Å². The molecule has 1 aromatic rings. The summed E-state index contributed by atoms with van der Waals surface area (Å²) in [5, 5.41) is 3.73. The molecule has 22 heavy (non-hydrogen) atoms. The topological polar surface area (TPSA) is 33.7 Å². The van der Waals surface area contributed by atoms with Crippen LogP contribution in [0.3, 0.4) is 0 Å². The van der Waals surface area contributed by atoms with Gasteiger partial charge in [0.1, 0.15) is 5.75 Å². The van der Waals surface area contributed by atoms with E-state index in [0.29, 0.717) is 12.1 Å². The monoisotopic (exact) mass is 302 g/mol. The summed E-state index contributed by atoms with van der Waals surface area (Å²) in [4.78, 5) is 2.71. The maximum absolute atomic E-state index is 5.62. The Balaban J connectivity index is 1.57. The minimum Gasteiger partial charge on any atom is -0.496 e. The molecule has 0 saturated carbocycles. The van der Waals surface area contributed by atoms with Gasteiger partial charge in [-0.3, -0.25) is 4.90 Å². The number of hydrogen-bond donors (Lipinski definition) is 1. The zero-order valence-corrected chi connectivity index (χ0v) is 13.5. The van der Waals surface area contributed by atoms with E-state index in [-0.39, 0.29) is 0 Å². The van der Waals surface area contributed by atoms with Crippen LogP contribution in [0.25, 0.3) is 0 Å². The molecule has 0 aromatic heterocycles. The summed E-state index contributed by atoms with van der Waals surface area (Å²) >= 11 is 0. The number of benzene rings is 1. The van der Waals surface area contributed by atoms with Crippen molar-refractivity contribution in [2.75, 3.05) is 40.0 Å². The Hall–Kier alpha value is -1.10. The first-order chi connectivity index (χ1) is 10.8.